The minimum Gasteiger partial charge on any atom is -0.305 e. The van der Waals surface area contributed by atoms with Gasteiger partial charge in [-0.1, -0.05) is 23.7 Å². The Morgan fingerprint density at radius 1 is 1.17 bits per heavy atom. The van der Waals surface area contributed by atoms with Crippen molar-refractivity contribution in [2.75, 3.05) is 0 Å². The van der Waals surface area contributed by atoms with Crippen molar-refractivity contribution in [2.24, 2.45) is 5.92 Å². The number of H-pyrrole nitrogens is 1. The van der Waals surface area contributed by atoms with Crippen LogP contribution in [0.3, 0.4) is 0 Å². The number of pyridine rings is 1. The molecule has 1 aliphatic rings. The first kappa shape index (κ1) is 15.4. The summed E-state index contributed by atoms with van der Waals surface area (Å²) in [6.45, 7) is 0.768. The fourth-order valence-corrected chi connectivity index (χ4v) is 3.21. The molecule has 1 atom stereocenters. The molecule has 3 aromatic rings. The Morgan fingerprint density at radius 2 is 2.00 bits per heavy atom. The zero-order valence-corrected chi connectivity index (χ0v) is 14.0. The molecular formula is C19H19ClN4. The summed E-state index contributed by atoms with van der Waals surface area (Å²) in [5.74, 6) is 0.708. The topological polar surface area (TPSA) is 53.6 Å². The molecule has 1 aliphatic carbocycles. The van der Waals surface area contributed by atoms with Gasteiger partial charge in [0, 0.05) is 41.1 Å². The maximum absolute atomic E-state index is 6.02. The van der Waals surface area contributed by atoms with E-state index in [9.17, 15) is 0 Å². The largest absolute Gasteiger partial charge is 0.305 e. The standard InChI is InChI=1S/C19H19ClN4/c20-17-7-5-14(6-8-17)18(13-3-4-13)22-11-16-12-23-24-19(16)15-2-1-9-21-10-15/h1-2,5-10,12-13,18,22H,3-4,11H2,(H,23,24)/t18-/m1/s1. The maximum Gasteiger partial charge on any atom is 0.0710 e. The average Bonchev–Trinajstić information content (AvgIpc) is 3.35. The summed E-state index contributed by atoms with van der Waals surface area (Å²) in [4.78, 5) is 4.19. The molecule has 2 aromatic heterocycles. The van der Waals surface area contributed by atoms with Crippen LogP contribution in [-0.4, -0.2) is 15.2 Å². The highest BCUT2D eigenvalue weighted by molar-refractivity contribution is 6.30. The van der Waals surface area contributed by atoms with E-state index in [1.807, 2.05) is 36.7 Å². The predicted molar refractivity (Wildman–Crippen MR) is 95.6 cm³/mol. The van der Waals surface area contributed by atoms with Gasteiger partial charge in [0.05, 0.1) is 11.9 Å². The number of aromatic amines is 1. The van der Waals surface area contributed by atoms with Gasteiger partial charge in [-0.25, -0.2) is 0 Å². The van der Waals surface area contributed by atoms with Crippen molar-refractivity contribution in [1.82, 2.24) is 20.5 Å². The lowest BCUT2D eigenvalue weighted by molar-refractivity contribution is 0.481. The lowest BCUT2D eigenvalue weighted by Gasteiger charge is -2.19. The van der Waals surface area contributed by atoms with Crippen molar-refractivity contribution in [3.05, 3.63) is 71.1 Å². The van der Waals surface area contributed by atoms with Crippen LogP contribution in [0.25, 0.3) is 11.3 Å². The number of halogens is 1. The highest BCUT2D eigenvalue weighted by Gasteiger charge is 2.32. The minimum absolute atomic E-state index is 0.360. The number of hydrogen-bond acceptors (Lipinski definition) is 3. The summed E-state index contributed by atoms with van der Waals surface area (Å²) in [5, 5.41) is 11.8. The summed E-state index contributed by atoms with van der Waals surface area (Å²) in [6, 6.07) is 12.5. The third-order valence-corrected chi connectivity index (χ3v) is 4.76. The fraction of sp³-hybridized carbons (Fsp3) is 0.263. The number of hydrogen-bond donors (Lipinski definition) is 2. The predicted octanol–water partition coefficient (Wildman–Crippen LogP) is 4.37. The Balaban J connectivity index is 1.51. The van der Waals surface area contributed by atoms with E-state index in [1.165, 1.54) is 18.4 Å². The smallest absolute Gasteiger partial charge is 0.0710 e. The number of benzene rings is 1. The van der Waals surface area contributed by atoms with E-state index in [4.69, 9.17) is 11.6 Å². The van der Waals surface area contributed by atoms with E-state index in [1.54, 1.807) is 6.20 Å². The van der Waals surface area contributed by atoms with Crippen LogP contribution in [0.1, 0.15) is 30.0 Å². The minimum atomic E-state index is 0.360. The molecule has 4 rings (SSSR count). The summed E-state index contributed by atoms with van der Waals surface area (Å²) in [7, 11) is 0. The molecule has 0 spiro atoms. The second-order valence-corrected chi connectivity index (χ2v) is 6.70. The lowest BCUT2D eigenvalue weighted by atomic mass is 10.0. The molecule has 0 aliphatic heterocycles. The molecule has 5 heteroatoms. The van der Waals surface area contributed by atoms with Crippen molar-refractivity contribution in [2.45, 2.75) is 25.4 Å². The average molecular weight is 339 g/mol. The van der Waals surface area contributed by atoms with Gasteiger partial charge in [-0.05, 0) is 48.6 Å². The number of rotatable bonds is 6. The molecule has 4 nitrogen and oxygen atoms in total. The SMILES string of the molecule is Clc1ccc([C@H](NCc2cn[nH]c2-c2cccnc2)C2CC2)cc1. The van der Waals surface area contributed by atoms with Crippen molar-refractivity contribution in [3.63, 3.8) is 0 Å². The van der Waals surface area contributed by atoms with Gasteiger partial charge in [-0.15, -0.1) is 0 Å². The molecule has 0 saturated heterocycles. The summed E-state index contributed by atoms with van der Waals surface area (Å²) < 4.78 is 0. The normalized spacial score (nSPS) is 15.4. The van der Waals surface area contributed by atoms with Crippen LogP contribution in [0, 0.1) is 5.92 Å². The van der Waals surface area contributed by atoms with Gasteiger partial charge in [0.15, 0.2) is 0 Å². The zero-order valence-electron chi connectivity index (χ0n) is 13.2. The van der Waals surface area contributed by atoms with E-state index in [0.717, 1.165) is 28.4 Å². The number of nitrogens with zero attached hydrogens (tertiary/aromatic N) is 2. The Kier molecular flexibility index (Phi) is 4.32. The zero-order chi connectivity index (χ0) is 16.4. The van der Waals surface area contributed by atoms with Gasteiger partial charge in [-0.3, -0.25) is 10.1 Å². The molecule has 1 saturated carbocycles. The molecule has 24 heavy (non-hydrogen) atoms. The maximum atomic E-state index is 6.02. The number of nitrogens with one attached hydrogen (secondary N) is 2. The molecule has 2 N–H and O–H groups in total. The first-order chi connectivity index (χ1) is 11.8. The first-order valence-electron chi connectivity index (χ1n) is 8.23. The Labute approximate surface area is 146 Å². The van der Waals surface area contributed by atoms with Crippen LogP contribution in [0.4, 0.5) is 0 Å². The van der Waals surface area contributed by atoms with E-state index in [0.29, 0.717) is 12.0 Å². The van der Waals surface area contributed by atoms with Crippen molar-refractivity contribution in [3.8, 4) is 11.3 Å². The van der Waals surface area contributed by atoms with Gasteiger partial charge in [0.2, 0.25) is 0 Å². The Hall–Kier alpha value is -2.17. The monoisotopic (exact) mass is 338 g/mol. The van der Waals surface area contributed by atoms with Gasteiger partial charge in [0.1, 0.15) is 0 Å². The van der Waals surface area contributed by atoms with Crippen LogP contribution in [0.2, 0.25) is 5.02 Å². The van der Waals surface area contributed by atoms with E-state index in [2.05, 4.69) is 32.6 Å². The van der Waals surface area contributed by atoms with Gasteiger partial charge in [-0.2, -0.15) is 5.10 Å². The first-order valence-corrected chi connectivity index (χ1v) is 8.60. The highest BCUT2D eigenvalue weighted by Crippen LogP contribution is 2.41. The van der Waals surface area contributed by atoms with Gasteiger partial charge in [0.25, 0.3) is 0 Å². The van der Waals surface area contributed by atoms with E-state index in [-0.39, 0.29) is 0 Å². The van der Waals surface area contributed by atoms with Crippen LogP contribution in [0.5, 0.6) is 0 Å². The second kappa shape index (κ2) is 6.75. The number of aromatic nitrogens is 3. The van der Waals surface area contributed by atoms with Crippen LogP contribution in [-0.2, 0) is 6.54 Å². The van der Waals surface area contributed by atoms with Crippen LogP contribution in [0.15, 0.2) is 55.0 Å². The van der Waals surface area contributed by atoms with Gasteiger partial charge < -0.3 is 5.32 Å². The van der Waals surface area contributed by atoms with Crippen LogP contribution >= 0.6 is 11.6 Å². The van der Waals surface area contributed by atoms with Crippen molar-refractivity contribution >= 4 is 11.6 Å². The molecule has 0 bridgehead atoms. The fourth-order valence-electron chi connectivity index (χ4n) is 3.08. The quantitative estimate of drug-likeness (QED) is 0.702. The molecule has 0 amide bonds. The summed E-state index contributed by atoms with van der Waals surface area (Å²) >= 11 is 6.02. The molecule has 1 fully saturated rings. The van der Waals surface area contributed by atoms with E-state index < -0.39 is 0 Å². The van der Waals surface area contributed by atoms with Crippen molar-refractivity contribution in [1.29, 1.82) is 0 Å². The van der Waals surface area contributed by atoms with E-state index >= 15 is 0 Å². The summed E-state index contributed by atoms with van der Waals surface area (Å²) in [6.07, 6.45) is 8.08. The molecular weight excluding hydrogens is 320 g/mol. The Bertz CT molecular complexity index is 794. The molecule has 122 valence electrons. The third-order valence-electron chi connectivity index (χ3n) is 4.50. The van der Waals surface area contributed by atoms with Crippen LogP contribution < -0.4 is 5.32 Å². The van der Waals surface area contributed by atoms with Crippen molar-refractivity contribution < 1.29 is 0 Å². The highest BCUT2D eigenvalue weighted by atomic mass is 35.5. The molecule has 1 aromatic carbocycles. The molecule has 0 unspecified atom stereocenters. The third kappa shape index (κ3) is 3.35. The molecule has 0 radical (unpaired) electrons. The lowest BCUT2D eigenvalue weighted by Crippen LogP contribution is -2.22. The Morgan fingerprint density at radius 3 is 2.71 bits per heavy atom. The van der Waals surface area contributed by atoms with Gasteiger partial charge >= 0.3 is 0 Å². The second-order valence-electron chi connectivity index (χ2n) is 6.26. The summed E-state index contributed by atoms with van der Waals surface area (Å²) in [5.41, 5.74) is 4.54. The molecule has 2 heterocycles.